The second kappa shape index (κ2) is 10.1. The Bertz CT molecular complexity index is 952. The molecular weight excluding hydrogens is 404 g/mol. The standard InChI is InChI=1S/C22H28N2O5S/c1-17(2)10-13-29-20-8-6-18(7-9-20)22(25)23-19-4-3-5-21(16-19)30(26,27)24-11-14-28-15-12-24/h3-9,16-17H,10-15H2,1-2H3,(H,23,25). The number of nitrogens with one attached hydrogen (secondary N) is 1. The van der Waals surface area contributed by atoms with Gasteiger partial charge < -0.3 is 14.8 Å². The molecule has 0 radical (unpaired) electrons. The van der Waals surface area contributed by atoms with E-state index >= 15 is 0 Å². The number of hydrogen-bond acceptors (Lipinski definition) is 5. The van der Waals surface area contributed by atoms with Gasteiger partial charge in [0.25, 0.3) is 5.91 Å². The van der Waals surface area contributed by atoms with Crippen molar-refractivity contribution in [3.63, 3.8) is 0 Å². The van der Waals surface area contributed by atoms with Gasteiger partial charge in [-0.1, -0.05) is 19.9 Å². The number of sulfonamides is 1. The van der Waals surface area contributed by atoms with Crippen molar-refractivity contribution < 1.29 is 22.7 Å². The minimum atomic E-state index is -3.62. The lowest BCUT2D eigenvalue weighted by molar-refractivity contribution is 0.0730. The summed E-state index contributed by atoms with van der Waals surface area (Å²) in [5.41, 5.74) is 0.888. The number of carbonyl (C=O) groups is 1. The van der Waals surface area contributed by atoms with Crippen molar-refractivity contribution in [2.45, 2.75) is 25.2 Å². The maximum absolute atomic E-state index is 12.8. The van der Waals surface area contributed by atoms with E-state index in [1.54, 1.807) is 36.4 Å². The molecule has 0 saturated carbocycles. The first kappa shape index (κ1) is 22.3. The molecule has 2 aromatic rings. The lowest BCUT2D eigenvalue weighted by atomic mass is 10.1. The molecule has 0 aliphatic carbocycles. The van der Waals surface area contributed by atoms with Gasteiger partial charge in [-0.3, -0.25) is 4.79 Å². The molecule has 1 heterocycles. The van der Waals surface area contributed by atoms with E-state index in [1.165, 1.54) is 16.4 Å². The molecule has 162 valence electrons. The second-order valence-electron chi connectivity index (χ2n) is 7.55. The van der Waals surface area contributed by atoms with Gasteiger partial charge in [-0.15, -0.1) is 0 Å². The molecule has 1 amide bonds. The van der Waals surface area contributed by atoms with Crippen molar-refractivity contribution in [2.24, 2.45) is 5.92 Å². The summed E-state index contributed by atoms with van der Waals surface area (Å²) in [7, 11) is -3.62. The number of ether oxygens (including phenoxy) is 2. The zero-order valence-electron chi connectivity index (χ0n) is 17.3. The van der Waals surface area contributed by atoms with Gasteiger partial charge in [0.15, 0.2) is 0 Å². The molecule has 0 atom stereocenters. The van der Waals surface area contributed by atoms with Gasteiger partial charge in [0.05, 0.1) is 24.7 Å². The van der Waals surface area contributed by atoms with E-state index in [1.807, 2.05) is 0 Å². The van der Waals surface area contributed by atoms with Gasteiger partial charge in [-0.2, -0.15) is 4.31 Å². The number of amides is 1. The van der Waals surface area contributed by atoms with Crippen LogP contribution < -0.4 is 10.1 Å². The first-order chi connectivity index (χ1) is 14.4. The second-order valence-corrected chi connectivity index (χ2v) is 9.49. The van der Waals surface area contributed by atoms with Gasteiger partial charge in [-0.25, -0.2) is 8.42 Å². The summed E-state index contributed by atoms with van der Waals surface area (Å²) in [6.07, 6.45) is 0.964. The molecule has 30 heavy (non-hydrogen) atoms. The Morgan fingerprint density at radius 2 is 1.83 bits per heavy atom. The van der Waals surface area contributed by atoms with Crippen molar-refractivity contribution in [1.82, 2.24) is 4.31 Å². The SMILES string of the molecule is CC(C)CCOc1ccc(C(=O)Nc2cccc(S(=O)(=O)N3CCOCC3)c2)cc1. The van der Waals surface area contributed by atoms with Gasteiger partial charge >= 0.3 is 0 Å². The number of rotatable bonds is 8. The van der Waals surface area contributed by atoms with E-state index in [-0.39, 0.29) is 10.8 Å². The highest BCUT2D eigenvalue weighted by Gasteiger charge is 2.26. The number of carbonyl (C=O) groups excluding carboxylic acids is 1. The molecule has 0 unspecified atom stereocenters. The van der Waals surface area contributed by atoms with Crippen LogP contribution in [-0.2, 0) is 14.8 Å². The molecule has 7 nitrogen and oxygen atoms in total. The molecule has 0 aromatic heterocycles. The van der Waals surface area contributed by atoms with Crippen LogP contribution >= 0.6 is 0 Å². The Morgan fingerprint density at radius 1 is 1.13 bits per heavy atom. The van der Waals surface area contributed by atoms with Crippen LogP contribution in [0.3, 0.4) is 0 Å². The minimum Gasteiger partial charge on any atom is -0.494 e. The molecule has 3 rings (SSSR count). The summed E-state index contributed by atoms with van der Waals surface area (Å²) < 4.78 is 37.9. The normalized spacial score (nSPS) is 15.2. The fourth-order valence-electron chi connectivity index (χ4n) is 2.99. The fourth-order valence-corrected chi connectivity index (χ4v) is 4.44. The van der Waals surface area contributed by atoms with Gasteiger partial charge in [-0.05, 0) is 54.8 Å². The molecule has 1 aliphatic rings. The average molecular weight is 433 g/mol. The summed E-state index contributed by atoms with van der Waals surface area (Å²) in [6.45, 7) is 6.32. The lowest BCUT2D eigenvalue weighted by Crippen LogP contribution is -2.40. The fraction of sp³-hybridized carbons (Fsp3) is 0.409. The van der Waals surface area contributed by atoms with E-state index in [0.29, 0.717) is 55.8 Å². The Morgan fingerprint density at radius 3 is 2.50 bits per heavy atom. The zero-order valence-corrected chi connectivity index (χ0v) is 18.2. The lowest BCUT2D eigenvalue weighted by Gasteiger charge is -2.26. The smallest absolute Gasteiger partial charge is 0.255 e. The van der Waals surface area contributed by atoms with E-state index < -0.39 is 10.0 Å². The van der Waals surface area contributed by atoms with Crippen molar-refractivity contribution in [3.05, 3.63) is 54.1 Å². The van der Waals surface area contributed by atoms with Crippen molar-refractivity contribution in [3.8, 4) is 5.75 Å². The van der Waals surface area contributed by atoms with E-state index in [0.717, 1.165) is 6.42 Å². The molecule has 1 fully saturated rings. The summed E-state index contributed by atoms with van der Waals surface area (Å²) in [4.78, 5) is 12.7. The van der Waals surface area contributed by atoms with E-state index in [9.17, 15) is 13.2 Å². The number of hydrogen-bond donors (Lipinski definition) is 1. The molecule has 8 heteroatoms. The quantitative estimate of drug-likeness (QED) is 0.691. The predicted molar refractivity (Wildman–Crippen MR) is 115 cm³/mol. The Kier molecular flexibility index (Phi) is 7.47. The van der Waals surface area contributed by atoms with Gasteiger partial charge in [0.2, 0.25) is 10.0 Å². The third-order valence-electron chi connectivity index (χ3n) is 4.78. The Hall–Kier alpha value is -2.42. The highest BCUT2D eigenvalue weighted by Crippen LogP contribution is 2.21. The summed E-state index contributed by atoms with van der Waals surface area (Å²) in [5.74, 6) is 0.966. The third-order valence-corrected chi connectivity index (χ3v) is 6.67. The molecule has 1 aliphatic heterocycles. The molecule has 0 spiro atoms. The average Bonchev–Trinajstić information content (AvgIpc) is 2.75. The minimum absolute atomic E-state index is 0.149. The van der Waals surface area contributed by atoms with E-state index in [2.05, 4.69) is 19.2 Å². The first-order valence-electron chi connectivity index (χ1n) is 10.1. The predicted octanol–water partition coefficient (Wildman–Crippen LogP) is 3.38. The summed E-state index contributed by atoms with van der Waals surface area (Å²) >= 11 is 0. The Balaban J connectivity index is 1.65. The third kappa shape index (κ3) is 5.81. The summed E-state index contributed by atoms with van der Waals surface area (Å²) in [6, 6.07) is 13.2. The highest BCUT2D eigenvalue weighted by molar-refractivity contribution is 7.89. The zero-order chi connectivity index (χ0) is 21.6. The van der Waals surface area contributed by atoms with Gasteiger partial charge in [0, 0.05) is 24.3 Å². The van der Waals surface area contributed by atoms with Crippen LogP contribution in [0.1, 0.15) is 30.6 Å². The van der Waals surface area contributed by atoms with Crippen LogP contribution in [0.15, 0.2) is 53.4 Å². The molecule has 2 aromatic carbocycles. The van der Waals surface area contributed by atoms with Crippen LogP contribution in [0.5, 0.6) is 5.75 Å². The van der Waals surface area contributed by atoms with Crippen molar-refractivity contribution in [2.75, 3.05) is 38.2 Å². The van der Waals surface area contributed by atoms with E-state index in [4.69, 9.17) is 9.47 Å². The maximum Gasteiger partial charge on any atom is 0.255 e. The topological polar surface area (TPSA) is 84.9 Å². The number of morpholine rings is 1. The van der Waals surface area contributed by atoms with Crippen LogP contribution in [0, 0.1) is 5.92 Å². The monoisotopic (exact) mass is 432 g/mol. The van der Waals surface area contributed by atoms with Crippen LogP contribution in [0.25, 0.3) is 0 Å². The molecule has 0 bridgehead atoms. The van der Waals surface area contributed by atoms with Crippen molar-refractivity contribution in [1.29, 1.82) is 0 Å². The summed E-state index contributed by atoms with van der Waals surface area (Å²) in [5, 5.41) is 2.76. The number of benzene rings is 2. The van der Waals surface area contributed by atoms with Crippen LogP contribution in [-0.4, -0.2) is 51.5 Å². The highest BCUT2D eigenvalue weighted by atomic mass is 32.2. The molecule has 1 N–H and O–H groups in total. The molecular formula is C22H28N2O5S. The van der Waals surface area contributed by atoms with Crippen LogP contribution in [0.2, 0.25) is 0 Å². The number of nitrogens with zero attached hydrogens (tertiary/aromatic N) is 1. The first-order valence-corrected chi connectivity index (χ1v) is 11.5. The maximum atomic E-state index is 12.8. The Labute approximate surface area is 178 Å². The number of anilines is 1. The van der Waals surface area contributed by atoms with Crippen LogP contribution in [0.4, 0.5) is 5.69 Å². The largest absolute Gasteiger partial charge is 0.494 e. The van der Waals surface area contributed by atoms with Gasteiger partial charge in [0.1, 0.15) is 5.75 Å². The molecule has 1 saturated heterocycles. The van der Waals surface area contributed by atoms with Crippen molar-refractivity contribution >= 4 is 21.6 Å².